The van der Waals surface area contributed by atoms with E-state index in [-0.39, 0.29) is 21.5 Å². The monoisotopic (exact) mass is 792 g/mol. The van der Waals surface area contributed by atoms with Crippen LogP contribution < -0.4 is 11.0 Å². The average Bonchev–Trinajstić information content (AvgIpc) is 3.78. The second-order valence-electron chi connectivity index (χ2n) is 11.4. The molecule has 4 aliphatic rings. The first-order chi connectivity index (χ1) is 24.0. The Morgan fingerprint density at radius 3 is 1.08 bits per heavy atom. The molecule has 0 aliphatic carbocycles. The van der Waals surface area contributed by atoms with Gasteiger partial charge in [0.1, 0.15) is 0 Å². The molecule has 10 rings (SSSR count). The molecule has 0 amide bonds. The predicted molar refractivity (Wildman–Crippen MR) is 161 cm³/mol. The molecule has 0 spiro atoms. The Balaban J connectivity index is 1.52. The molecule has 0 unspecified atom stereocenters. The minimum atomic E-state index is -5.24. The molecular formula is C32H8F8N8OSn. The van der Waals surface area contributed by atoms with Gasteiger partial charge < -0.3 is 0 Å². The van der Waals surface area contributed by atoms with Crippen LogP contribution >= 0.6 is 0 Å². The summed E-state index contributed by atoms with van der Waals surface area (Å²) < 4.78 is 139. The minimum absolute atomic E-state index is 0.237. The fourth-order valence-electron chi connectivity index (χ4n) is 6.55. The quantitative estimate of drug-likeness (QED) is 0.148. The van der Waals surface area contributed by atoms with Gasteiger partial charge in [0.2, 0.25) is 0 Å². The normalized spacial score (nSPS) is 15.2. The third-order valence-electron chi connectivity index (χ3n) is 8.69. The molecule has 9 nitrogen and oxygen atoms in total. The number of rotatable bonds is 0. The van der Waals surface area contributed by atoms with Crippen molar-refractivity contribution in [3.05, 3.63) is 128 Å². The molecule has 6 heterocycles. The maximum atomic E-state index is 15.5. The molecule has 0 atom stereocenters. The molecular weight excluding hydrogens is 783 g/mol. The van der Waals surface area contributed by atoms with Crippen molar-refractivity contribution >= 4 is 76.8 Å². The average molecular weight is 791 g/mol. The van der Waals surface area contributed by atoms with Gasteiger partial charge in [0, 0.05) is 0 Å². The zero-order valence-electron chi connectivity index (χ0n) is 24.1. The van der Waals surface area contributed by atoms with Gasteiger partial charge in [0.15, 0.2) is 0 Å². The number of aromatic nitrogens is 2. The van der Waals surface area contributed by atoms with Crippen LogP contribution in [0.1, 0.15) is 22.3 Å². The van der Waals surface area contributed by atoms with Crippen LogP contribution in [0.5, 0.6) is 0 Å². The van der Waals surface area contributed by atoms with Crippen LogP contribution in [-0.2, 0) is 3.08 Å². The standard InChI is InChI=1S/C32H8F8N8.O.Sn/c33-13-1-2-14(34)22-21(13)29-43-25-9-5-17(37)18(38)6-10(9)27(41-25)45-31-23-15(35)3-4-16(36)24(23)32(48-31)46-28-12-8-20(40)19(39)7-11(12)26(42-28)44-30(22)47-29;;/h1-8H;;/q-2;;+2. The number of aliphatic imine (C=N–C) groups is 4. The van der Waals surface area contributed by atoms with Crippen molar-refractivity contribution in [2.75, 3.05) is 0 Å². The number of hydrogen-bond donors (Lipinski definition) is 0. The number of halogens is 8. The molecule has 50 heavy (non-hydrogen) atoms. The van der Waals surface area contributed by atoms with Crippen LogP contribution in [0.2, 0.25) is 0 Å². The van der Waals surface area contributed by atoms with Crippen molar-refractivity contribution in [3.8, 4) is 0 Å². The molecule has 2 aromatic heterocycles. The van der Waals surface area contributed by atoms with Crippen LogP contribution in [0.15, 0.2) is 78.5 Å². The molecule has 0 N–H and O–H groups in total. The molecule has 242 valence electrons. The third-order valence-corrected chi connectivity index (χ3v) is 13.3. The SMILES string of the molecule is [O]=[Sn]1[n]2c3c4cc(F)c(F)cc4c2N=C2N=C(N=c4c5cc(F)c(F)cc5c([n]41)=NC1=NC(=N3)c3c(F)ccc(F)c31)c1c(F)ccc(F)c12. The summed E-state index contributed by atoms with van der Waals surface area (Å²) in [7, 11) is 0. The Bertz CT molecular complexity index is 2810. The van der Waals surface area contributed by atoms with Crippen LogP contribution in [0, 0.1) is 46.5 Å². The first kappa shape index (κ1) is 29.2. The van der Waals surface area contributed by atoms with Crippen molar-refractivity contribution in [2.24, 2.45) is 30.0 Å². The van der Waals surface area contributed by atoms with Gasteiger partial charge in [-0.1, -0.05) is 0 Å². The van der Waals surface area contributed by atoms with Crippen LogP contribution in [0.25, 0.3) is 21.5 Å². The van der Waals surface area contributed by atoms with Crippen molar-refractivity contribution in [3.63, 3.8) is 0 Å². The molecule has 18 heteroatoms. The number of benzene rings is 4. The van der Waals surface area contributed by atoms with Gasteiger partial charge in [-0.05, 0) is 0 Å². The van der Waals surface area contributed by atoms with Crippen LogP contribution in [0.3, 0.4) is 0 Å². The Kier molecular flexibility index (Phi) is 5.67. The first-order valence-corrected chi connectivity index (χ1v) is 18.1. The molecule has 6 aromatic rings. The van der Waals surface area contributed by atoms with E-state index in [9.17, 15) is 17.6 Å². The van der Waals surface area contributed by atoms with E-state index in [1.54, 1.807) is 0 Å². The number of hydrogen-bond acceptors (Lipinski definition) is 7. The Hall–Kier alpha value is -5.72. The zero-order chi connectivity index (χ0) is 34.5. The summed E-state index contributed by atoms with van der Waals surface area (Å²) in [6.07, 6.45) is 0. The van der Waals surface area contributed by atoms with E-state index < -0.39 is 135 Å². The Morgan fingerprint density at radius 2 is 0.720 bits per heavy atom. The van der Waals surface area contributed by atoms with Gasteiger partial charge in [0.05, 0.1) is 0 Å². The molecule has 0 radical (unpaired) electrons. The van der Waals surface area contributed by atoms with Gasteiger partial charge in [0.25, 0.3) is 0 Å². The molecule has 4 aromatic carbocycles. The number of amidine groups is 4. The maximum absolute atomic E-state index is 15.5. The van der Waals surface area contributed by atoms with Crippen molar-refractivity contribution in [1.29, 1.82) is 0 Å². The van der Waals surface area contributed by atoms with E-state index >= 15 is 20.6 Å². The number of nitrogens with zero attached hydrogens (tertiary/aromatic N) is 8. The summed E-state index contributed by atoms with van der Waals surface area (Å²) in [5, 5.41) is -0.946. The molecule has 6 bridgehead atoms. The van der Waals surface area contributed by atoms with Crippen molar-refractivity contribution in [1.82, 2.24) is 5.58 Å². The van der Waals surface area contributed by atoms with Gasteiger partial charge in [-0.15, -0.1) is 0 Å². The second-order valence-corrected chi connectivity index (χ2v) is 15.6. The molecule has 0 saturated heterocycles. The summed E-state index contributed by atoms with van der Waals surface area (Å²) in [5.41, 5.74) is -2.78. The predicted octanol–water partition coefficient (Wildman–Crippen LogP) is 5.46. The topological polar surface area (TPSA) is 101 Å². The van der Waals surface area contributed by atoms with Gasteiger partial charge >= 0.3 is 279 Å². The van der Waals surface area contributed by atoms with Crippen LogP contribution in [0.4, 0.5) is 46.8 Å². The summed E-state index contributed by atoms with van der Waals surface area (Å²) in [6, 6.07) is 6.04. The Labute approximate surface area is 278 Å². The third kappa shape index (κ3) is 3.66. The van der Waals surface area contributed by atoms with E-state index in [0.717, 1.165) is 29.8 Å². The first-order valence-electron chi connectivity index (χ1n) is 14.4. The van der Waals surface area contributed by atoms with Gasteiger partial charge in [-0.25, -0.2) is 0 Å². The second kappa shape index (κ2) is 9.71. The molecule has 4 aliphatic heterocycles. The summed E-state index contributed by atoms with van der Waals surface area (Å²) in [6.45, 7) is 0. The van der Waals surface area contributed by atoms with Gasteiger partial charge in [-0.2, -0.15) is 0 Å². The van der Waals surface area contributed by atoms with Crippen molar-refractivity contribution < 1.29 is 38.2 Å². The number of fused-ring (bicyclic) bond motifs is 14. The zero-order valence-corrected chi connectivity index (χ0v) is 27.0. The van der Waals surface area contributed by atoms with E-state index in [0.29, 0.717) is 24.3 Å². The summed E-state index contributed by atoms with van der Waals surface area (Å²) in [5.74, 6) is -12.4. The fourth-order valence-corrected chi connectivity index (χ4v) is 11.1. The molecule has 0 fully saturated rings. The fraction of sp³-hybridized carbons (Fsp3) is 0. The van der Waals surface area contributed by atoms with Gasteiger partial charge in [-0.3, -0.25) is 0 Å². The summed E-state index contributed by atoms with van der Waals surface area (Å²) in [4.78, 5) is 26.1. The molecule has 0 saturated carbocycles. The van der Waals surface area contributed by atoms with E-state index in [4.69, 9.17) is 0 Å². The van der Waals surface area contributed by atoms with E-state index in [2.05, 4.69) is 30.0 Å². The van der Waals surface area contributed by atoms with Crippen LogP contribution in [-0.4, -0.2) is 49.2 Å². The van der Waals surface area contributed by atoms with E-state index in [1.807, 2.05) is 0 Å². The van der Waals surface area contributed by atoms with E-state index in [1.165, 1.54) is 0 Å². The van der Waals surface area contributed by atoms with Crippen molar-refractivity contribution in [2.45, 2.75) is 0 Å². The summed E-state index contributed by atoms with van der Waals surface area (Å²) >= 11 is -5.24. The Morgan fingerprint density at radius 1 is 0.400 bits per heavy atom.